The summed E-state index contributed by atoms with van der Waals surface area (Å²) in [6.07, 6.45) is 2.14. The number of anilines is 2. The fourth-order valence-electron chi connectivity index (χ4n) is 3.56. The second-order valence-corrected chi connectivity index (χ2v) is 6.45. The topological polar surface area (TPSA) is 60.8 Å². The maximum atomic E-state index is 9.22. The molecule has 0 aromatic heterocycles. The highest BCUT2D eigenvalue weighted by molar-refractivity contribution is 5.78. The number of nitrogens with one attached hydrogen (secondary N) is 1. The Kier molecular flexibility index (Phi) is 4.22. The predicted octanol–water partition coefficient (Wildman–Crippen LogP) is 1.92. The van der Waals surface area contributed by atoms with E-state index < -0.39 is 0 Å². The number of benzene rings is 1. The lowest BCUT2D eigenvalue weighted by molar-refractivity contribution is 0.205. The number of rotatable bonds is 3. The van der Waals surface area contributed by atoms with Gasteiger partial charge in [0.1, 0.15) is 6.54 Å². The van der Waals surface area contributed by atoms with Crippen LogP contribution in [0.1, 0.15) is 12.8 Å². The standard InChI is InChI=1S/C17H24N4O2/c1-20-7-4-17(5-8-20)12-21(9-6-18)14-11-16(23-3)15(22-2)10-13(14)19-17/h10-11,19H,4-5,7-9,12H2,1-3H3. The molecule has 0 aliphatic carbocycles. The number of methoxy groups -OCH3 is 2. The molecule has 6 heteroatoms. The molecular formula is C17H24N4O2. The van der Waals surface area contributed by atoms with Crippen molar-refractivity contribution in [3.8, 4) is 17.6 Å². The highest BCUT2D eigenvalue weighted by Gasteiger charge is 2.40. The highest BCUT2D eigenvalue weighted by Crippen LogP contribution is 2.44. The molecule has 2 aliphatic heterocycles. The Bertz CT molecular complexity index is 618. The largest absolute Gasteiger partial charge is 0.493 e. The van der Waals surface area contributed by atoms with E-state index in [4.69, 9.17) is 9.47 Å². The van der Waals surface area contributed by atoms with E-state index in [1.807, 2.05) is 12.1 Å². The summed E-state index contributed by atoms with van der Waals surface area (Å²) in [4.78, 5) is 4.50. The molecule has 1 spiro atoms. The summed E-state index contributed by atoms with van der Waals surface area (Å²) in [5.41, 5.74) is 2.05. The first-order valence-electron chi connectivity index (χ1n) is 7.95. The molecule has 1 N–H and O–H groups in total. The van der Waals surface area contributed by atoms with Crippen LogP contribution in [0.2, 0.25) is 0 Å². The van der Waals surface area contributed by atoms with Gasteiger partial charge in [-0.25, -0.2) is 0 Å². The first-order chi connectivity index (χ1) is 11.1. The lowest BCUT2D eigenvalue weighted by atomic mass is 9.84. The van der Waals surface area contributed by atoms with E-state index in [1.165, 1.54) is 0 Å². The van der Waals surface area contributed by atoms with Crippen molar-refractivity contribution < 1.29 is 9.47 Å². The van der Waals surface area contributed by atoms with Crippen molar-refractivity contribution >= 4 is 11.4 Å². The van der Waals surface area contributed by atoms with Gasteiger partial charge < -0.3 is 24.6 Å². The summed E-state index contributed by atoms with van der Waals surface area (Å²) in [5, 5.41) is 13.0. The normalized spacial score (nSPS) is 19.7. The smallest absolute Gasteiger partial charge is 0.162 e. The molecule has 2 heterocycles. The fraction of sp³-hybridized carbons (Fsp3) is 0.588. The lowest BCUT2D eigenvalue weighted by Crippen LogP contribution is -2.57. The molecule has 0 radical (unpaired) electrons. The molecule has 1 aromatic rings. The van der Waals surface area contributed by atoms with Crippen molar-refractivity contribution in [2.75, 3.05) is 57.7 Å². The Morgan fingerprint density at radius 3 is 2.48 bits per heavy atom. The molecule has 6 nitrogen and oxygen atoms in total. The zero-order chi connectivity index (χ0) is 16.4. The Balaban J connectivity index is 1.99. The van der Waals surface area contributed by atoms with Gasteiger partial charge in [0.15, 0.2) is 11.5 Å². The van der Waals surface area contributed by atoms with Crippen molar-refractivity contribution in [1.29, 1.82) is 5.26 Å². The van der Waals surface area contributed by atoms with Gasteiger partial charge in [0.2, 0.25) is 0 Å². The molecule has 124 valence electrons. The van der Waals surface area contributed by atoms with Crippen LogP contribution in [-0.4, -0.2) is 57.9 Å². The molecular weight excluding hydrogens is 292 g/mol. The van der Waals surface area contributed by atoms with Crippen molar-refractivity contribution in [1.82, 2.24) is 4.90 Å². The zero-order valence-corrected chi connectivity index (χ0v) is 14.1. The average Bonchev–Trinajstić information content (AvgIpc) is 2.57. The van der Waals surface area contributed by atoms with Crippen LogP contribution in [0.15, 0.2) is 12.1 Å². The van der Waals surface area contributed by atoms with E-state index in [2.05, 4.69) is 28.2 Å². The number of likely N-dealkylation sites (tertiary alicyclic amines) is 1. The number of fused-ring (bicyclic) bond motifs is 1. The lowest BCUT2D eigenvalue weighted by Gasteiger charge is -2.49. The van der Waals surface area contributed by atoms with E-state index >= 15 is 0 Å². The molecule has 23 heavy (non-hydrogen) atoms. The van der Waals surface area contributed by atoms with Gasteiger partial charge in [-0.2, -0.15) is 5.26 Å². The Morgan fingerprint density at radius 1 is 1.22 bits per heavy atom. The number of nitriles is 1. The monoisotopic (exact) mass is 316 g/mol. The molecule has 0 bridgehead atoms. The summed E-state index contributed by atoms with van der Waals surface area (Å²) in [6.45, 7) is 3.35. The number of ether oxygens (including phenoxy) is 2. The third-order valence-corrected chi connectivity index (χ3v) is 4.94. The minimum atomic E-state index is 0.0238. The number of piperidine rings is 1. The van der Waals surface area contributed by atoms with Gasteiger partial charge in [0.05, 0.1) is 37.2 Å². The molecule has 1 aromatic carbocycles. The third-order valence-electron chi connectivity index (χ3n) is 4.94. The maximum Gasteiger partial charge on any atom is 0.162 e. The van der Waals surface area contributed by atoms with Gasteiger partial charge in [0, 0.05) is 31.8 Å². The summed E-state index contributed by atoms with van der Waals surface area (Å²) < 4.78 is 10.8. The fourth-order valence-corrected chi connectivity index (χ4v) is 3.56. The van der Waals surface area contributed by atoms with E-state index in [0.29, 0.717) is 18.0 Å². The average molecular weight is 316 g/mol. The zero-order valence-electron chi connectivity index (χ0n) is 14.1. The Labute approximate surface area is 137 Å². The van der Waals surface area contributed by atoms with Crippen molar-refractivity contribution in [2.24, 2.45) is 0 Å². The van der Waals surface area contributed by atoms with E-state index in [1.54, 1.807) is 14.2 Å². The van der Waals surface area contributed by atoms with Gasteiger partial charge in [-0.1, -0.05) is 0 Å². The summed E-state index contributed by atoms with van der Waals surface area (Å²) >= 11 is 0. The van der Waals surface area contributed by atoms with Crippen molar-refractivity contribution in [3.05, 3.63) is 12.1 Å². The number of hydrogen-bond donors (Lipinski definition) is 1. The minimum absolute atomic E-state index is 0.0238. The van der Waals surface area contributed by atoms with Gasteiger partial charge in [-0.3, -0.25) is 0 Å². The van der Waals surface area contributed by atoms with Crippen LogP contribution in [0.25, 0.3) is 0 Å². The number of hydrogen-bond acceptors (Lipinski definition) is 6. The molecule has 0 atom stereocenters. The van der Waals surface area contributed by atoms with Crippen molar-refractivity contribution in [2.45, 2.75) is 18.4 Å². The molecule has 0 amide bonds. The first-order valence-corrected chi connectivity index (χ1v) is 7.95. The van der Waals surface area contributed by atoms with Crippen LogP contribution in [-0.2, 0) is 0 Å². The van der Waals surface area contributed by atoms with E-state index in [-0.39, 0.29) is 5.54 Å². The minimum Gasteiger partial charge on any atom is -0.493 e. The quantitative estimate of drug-likeness (QED) is 0.860. The summed E-state index contributed by atoms with van der Waals surface area (Å²) in [7, 11) is 5.43. The van der Waals surface area contributed by atoms with Gasteiger partial charge in [-0.15, -0.1) is 0 Å². The van der Waals surface area contributed by atoms with Crippen molar-refractivity contribution in [3.63, 3.8) is 0 Å². The van der Waals surface area contributed by atoms with Gasteiger partial charge in [0.25, 0.3) is 0 Å². The Hall–Kier alpha value is -2.13. The van der Waals surface area contributed by atoms with Gasteiger partial charge >= 0.3 is 0 Å². The molecule has 1 fully saturated rings. The second kappa shape index (κ2) is 6.17. The SMILES string of the molecule is COc1cc2c(cc1OC)N(CC#N)CC1(CCN(C)CC1)N2. The number of nitrogens with zero attached hydrogens (tertiary/aromatic N) is 3. The van der Waals surface area contributed by atoms with Crippen LogP contribution in [0.4, 0.5) is 11.4 Å². The van der Waals surface area contributed by atoms with E-state index in [0.717, 1.165) is 43.9 Å². The van der Waals surface area contributed by atoms with Crippen LogP contribution >= 0.6 is 0 Å². The summed E-state index contributed by atoms with van der Waals surface area (Å²) in [6, 6.07) is 6.23. The van der Waals surface area contributed by atoms with Crippen LogP contribution < -0.4 is 19.7 Å². The Morgan fingerprint density at radius 2 is 1.87 bits per heavy atom. The van der Waals surface area contributed by atoms with Gasteiger partial charge in [-0.05, 0) is 19.9 Å². The molecule has 3 rings (SSSR count). The molecule has 0 unspecified atom stereocenters. The highest BCUT2D eigenvalue weighted by atomic mass is 16.5. The maximum absolute atomic E-state index is 9.22. The first kappa shape index (κ1) is 15.8. The van der Waals surface area contributed by atoms with E-state index in [9.17, 15) is 5.26 Å². The second-order valence-electron chi connectivity index (χ2n) is 6.45. The third kappa shape index (κ3) is 2.89. The molecule has 0 saturated carbocycles. The van der Waals surface area contributed by atoms with Crippen LogP contribution in [0.3, 0.4) is 0 Å². The molecule has 2 aliphatic rings. The molecule has 1 saturated heterocycles. The predicted molar refractivity (Wildman–Crippen MR) is 90.5 cm³/mol. The summed E-state index contributed by atoms with van der Waals surface area (Å²) in [5.74, 6) is 1.40. The van der Waals surface area contributed by atoms with Crippen LogP contribution in [0, 0.1) is 11.3 Å². The van der Waals surface area contributed by atoms with Crippen LogP contribution in [0.5, 0.6) is 11.5 Å².